The fourth-order valence-corrected chi connectivity index (χ4v) is 5.55. The molecule has 162 valence electrons. The normalized spacial score (nSPS) is 22.1. The Morgan fingerprint density at radius 3 is 2.60 bits per heavy atom. The monoisotopic (exact) mass is 430 g/mol. The minimum absolute atomic E-state index is 0.0606. The van der Waals surface area contributed by atoms with E-state index in [0.717, 1.165) is 34.2 Å². The highest BCUT2D eigenvalue weighted by atomic mass is 32.2. The maximum Gasteiger partial charge on any atom is 0.325 e. The quantitative estimate of drug-likeness (QED) is 0.509. The second-order valence-electron chi connectivity index (χ2n) is 8.99. The number of carbonyl (C=O) groups is 3. The van der Waals surface area contributed by atoms with Crippen LogP contribution in [0.25, 0.3) is 6.08 Å². The molecule has 1 saturated heterocycles. The minimum Gasteiger partial charge on any atom is -0.468 e. The highest BCUT2D eigenvalue weighted by molar-refractivity contribution is 8.18. The van der Waals surface area contributed by atoms with Crippen molar-refractivity contribution in [3.05, 3.63) is 33.7 Å². The van der Waals surface area contributed by atoms with Crippen molar-refractivity contribution in [3.8, 4) is 0 Å². The van der Waals surface area contributed by atoms with E-state index in [1.165, 1.54) is 18.4 Å². The van der Waals surface area contributed by atoms with Crippen molar-refractivity contribution in [2.24, 2.45) is 0 Å². The lowest BCUT2D eigenvalue weighted by atomic mass is 9.78. The molecular weight excluding hydrogens is 400 g/mol. The van der Waals surface area contributed by atoms with Gasteiger partial charge in [0.05, 0.1) is 12.0 Å². The Bertz CT molecular complexity index is 935. The van der Waals surface area contributed by atoms with Crippen LogP contribution in [0.5, 0.6) is 0 Å². The third-order valence-electron chi connectivity index (χ3n) is 5.86. The molecule has 0 spiro atoms. The van der Waals surface area contributed by atoms with E-state index in [9.17, 15) is 14.4 Å². The Kier molecular flexibility index (Phi) is 6.05. The molecule has 1 aromatic rings. The van der Waals surface area contributed by atoms with Crippen LogP contribution in [0.15, 0.2) is 17.0 Å². The molecule has 6 nitrogen and oxygen atoms in total. The second-order valence-corrected chi connectivity index (χ2v) is 9.99. The highest BCUT2D eigenvalue weighted by Gasteiger charge is 2.39. The lowest BCUT2D eigenvalue weighted by molar-refractivity contribution is -0.143. The van der Waals surface area contributed by atoms with Gasteiger partial charge < -0.3 is 9.64 Å². The maximum atomic E-state index is 12.7. The summed E-state index contributed by atoms with van der Waals surface area (Å²) in [6.07, 6.45) is 2.81. The lowest BCUT2D eigenvalue weighted by Gasteiger charge is -2.50. The fourth-order valence-electron chi connectivity index (χ4n) is 4.72. The Labute approximate surface area is 182 Å². The van der Waals surface area contributed by atoms with E-state index in [0.29, 0.717) is 16.9 Å². The molecule has 1 fully saturated rings. The van der Waals surface area contributed by atoms with Crippen molar-refractivity contribution >= 4 is 40.6 Å². The van der Waals surface area contributed by atoms with Gasteiger partial charge in [0, 0.05) is 17.3 Å². The van der Waals surface area contributed by atoms with Crippen LogP contribution in [-0.2, 0) is 14.3 Å². The number of methoxy groups -OCH3 is 1. The minimum atomic E-state index is -0.617. The van der Waals surface area contributed by atoms with Gasteiger partial charge in [-0.2, -0.15) is 0 Å². The van der Waals surface area contributed by atoms with E-state index in [2.05, 4.69) is 56.4 Å². The molecule has 3 rings (SSSR count). The number of esters is 1. The molecule has 2 heterocycles. The van der Waals surface area contributed by atoms with Crippen molar-refractivity contribution < 1.29 is 19.1 Å². The third-order valence-corrected chi connectivity index (χ3v) is 6.76. The molecule has 0 saturated carbocycles. The molecule has 2 aliphatic rings. The number of nitrogens with zero attached hydrogens (tertiary/aromatic N) is 2. The van der Waals surface area contributed by atoms with Gasteiger partial charge in [-0.1, -0.05) is 6.92 Å². The Morgan fingerprint density at radius 1 is 1.33 bits per heavy atom. The van der Waals surface area contributed by atoms with Gasteiger partial charge in [0.15, 0.2) is 0 Å². The molecule has 0 aliphatic carbocycles. The molecule has 0 N–H and O–H groups in total. The Hall–Kier alpha value is -2.28. The highest BCUT2D eigenvalue weighted by Crippen LogP contribution is 2.46. The Balaban J connectivity index is 2.00. The van der Waals surface area contributed by atoms with Crippen LogP contribution in [0.1, 0.15) is 63.6 Å². The summed E-state index contributed by atoms with van der Waals surface area (Å²) in [7, 11) is 1.23. The van der Waals surface area contributed by atoms with Gasteiger partial charge in [-0.3, -0.25) is 19.3 Å². The number of hydrogen-bond donors (Lipinski definition) is 0. The largest absolute Gasteiger partial charge is 0.468 e. The molecule has 30 heavy (non-hydrogen) atoms. The van der Waals surface area contributed by atoms with Gasteiger partial charge in [-0.05, 0) is 93.6 Å². The number of amides is 2. The second kappa shape index (κ2) is 8.10. The first-order chi connectivity index (χ1) is 14.0. The average Bonchev–Trinajstić information content (AvgIpc) is 2.89. The molecule has 0 radical (unpaired) electrons. The molecule has 2 amide bonds. The summed E-state index contributed by atoms with van der Waals surface area (Å²) in [4.78, 5) is 40.1. The standard InChI is InChI=1S/C23H30N2O4S/c1-13(2)25-18-8-14(3)16(9-17(18)15(4)11-23(25,5)6)10-19-21(27)24(22(28)30-19)12-20(26)29-7/h8-10,13,15H,11-12H2,1-7H3/b19-10+/t15-/m0/s1. The average molecular weight is 431 g/mol. The van der Waals surface area contributed by atoms with Crippen molar-refractivity contribution in [3.63, 3.8) is 0 Å². The van der Waals surface area contributed by atoms with E-state index < -0.39 is 17.1 Å². The van der Waals surface area contributed by atoms with E-state index in [4.69, 9.17) is 0 Å². The van der Waals surface area contributed by atoms with E-state index in [1.54, 1.807) is 6.08 Å². The molecular formula is C23H30N2O4S. The van der Waals surface area contributed by atoms with Gasteiger partial charge in [0.25, 0.3) is 11.1 Å². The molecule has 0 aromatic heterocycles. The number of hydrogen-bond acceptors (Lipinski definition) is 6. The van der Waals surface area contributed by atoms with Crippen LogP contribution < -0.4 is 4.90 Å². The van der Waals surface area contributed by atoms with Gasteiger partial charge >= 0.3 is 5.97 Å². The van der Waals surface area contributed by atoms with Crippen LogP contribution in [0.3, 0.4) is 0 Å². The summed E-state index contributed by atoms with van der Waals surface area (Å²) < 4.78 is 4.58. The first-order valence-corrected chi connectivity index (χ1v) is 11.0. The number of thioether (sulfide) groups is 1. The number of ether oxygens (including phenoxy) is 1. The van der Waals surface area contributed by atoms with Crippen LogP contribution >= 0.6 is 11.8 Å². The van der Waals surface area contributed by atoms with E-state index >= 15 is 0 Å². The number of fused-ring (bicyclic) bond motifs is 1. The van der Waals surface area contributed by atoms with Crippen LogP contribution in [0.2, 0.25) is 0 Å². The smallest absolute Gasteiger partial charge is 0.325 e. The topological polar surface area (TPSA) is 66.9 Å². The third kappa shape index (κ3) is 4.00. The summed E-state index contributed by atoms with van der Waals surface area (Å²) in [5.74, 6) is -0.689. The lowest BCUT2D eigenvalue weighted by Crippen LogP contribution is -2.51. The van der Waals surface area contributed by atoms with Gasteiger partial charge in [0.1, 0.15) is 6.54 Å². The fraction of sp³-hybridized carbons (Fsp3) is 0.522. The van der Waals surface area contributed by atoms with Gasteiger partial charge in [-0.15, -0.1) is 0 Å². The molecule has 1 aromatic carbocycles. The number of rotatable bonds is 4. The number of aryl methyl sites for hydroxylation is 1. The van der Waals surface area contributed by atoms with Gasteiger partial charge in [0.2, 0.25) is 0 Å². The molecule has 1 atom stereocenters. The molecule has 0 bridgehead atoms. The SMILES string of the molecule is COC(=O)CN1C(=O)S/C(=C/c2cc3c(cc2C)N(C(C)C)C(C)(C)C[C@@H]3C)C1=O. The summed E-state index contributed by atoms with van der Waals surface area (Å²) in [6.45, 7) is 12.9. The summed E-state index contributed by atoms with van der Waals surface area (Å²) >= 11 is 0.862. The summed E-state index contributed by atoms with van der Waals surface area (Å²) in [5.41, 5.74) is 4.53. The summed E-state index contributed by atoms with van der Waals surface area (Å²) in [5, 5.41) is -0.451. The maximum absolute atomic E-state index is 12.7. The van der Waals surface area contributed by atoms with Crippen molar-refractivity contribution in [2.75, 3.05) is 18.6 Å². The van der Waals surface area contributed by atoms with E-state index in [-0.39, 0.29) is 12.1 Å². The molecule has 7 heteroatoms. The first-order valence-electron chi connectivity index (χ1n) is 10.2. The predicted molar refractivity (Wildman–Crippen MR) is 121 cm³/mol. The van der Waals surface area contributed by atoms with Gasteiger partial charge in [-0.25, -0.2) is 0 Å². The molecule has 0 unspecified atom stereocenters. The number of carbonyl (C=O) groups excluding carboxylic acids is 3. The van der Waals surface area contributed by atoms with Crippen molar-refractivity contribution in [2.45, 2.75) is 65.5 Å². The van der Waals surface area contributed by atoms with Crippen LogP contribution in [-0.4, -0.2) is 47.3 Å². The van der Waals surface area contributed by atoms with Crippen LogP contribution in [0, 0.1) is 6.92 Å². The van der Waals surface area contributed by atoms with E-state index in [1.807, 2.05) is 6.92 Å². The number of anilines is 1. The number of benzene rings is 1. The zero-order chi connectivity index (χ0) is 22.4. The zero-order valence-electron chi connectivity index (χ0n) is 18.7. The number of imide groups is 1. The zero-order valence-corrected chi connectivity index (χ0v) is 19.6. The first kappa shape index (κ1) is 22.4. The molecule has 2 aliphatic heterocycles. The Morgan fingerprint density at radius 2 is 2.00 bits per heavy atom. The van der Waals surface area contributed by atoms with Crippen molar-refractivity contribution in [1.82, 2.24) is 4.90 Å². The predicted octanol–water partition coefficient (Wildman–Crippen LogP) is 4.70. The summed E-state index contributed by atoms with van der Waals surface area (Å²) in [6, 6.07) is 4.71. The van der Waals surface area contributed by atoms with Crippen LogP contribution in [0.4, 0.5) is 10.5 Å². The van der Waals surface area contributed by atoms with Crippen molar-refractivity contribution in [1.29, 1.82) is 0 Å².